The standard InChI is InChI=1S/C43H33N/c1-44(42-24-14-13-22-39(42)36-19-9-4-10-20-36)43-30-29-37(34-27-25-33(26-28-34)32-15-5-2-6-16-32)31-41(43)40-23-12-11-21-38(40)35-17-7-3-8-18-35/h2-31H,1H3. The van der Waals surface area contributed by atoms with Gasteiger partial charge in [-0.05, 0) is 62.7 Å². The van der Waals surface area contributed by atoms with Crippen molar-refractivity contribution in [2.75, 3.05) is 11.9 Å². The van der Waals surface area contributed by atoms with Gasteiger partial charge in [-0.15, -0.1) is 0 Å². The van der Waals surface area contributed by atoms with Crippen molar-refractivity contribution >= 4 is 11.4 Å². The van der Waals surface area contributed by atoms with Crippen molar-refractivity contribution in [3.05, 3.63) is 182 Å². The van der Waals surface area contributed by atoms with Gasteiger partial charge >= 0.3 is 0 Å². The first-order chi connectivity index (χ1) is 21.8. The first-order valence-electron chi connectivity index (χ1n) is 15.1. The third kappa shape index (κ3) is 5.44. The van der Waals surface area contributed by atoms with E-state index in [4.69, 9.17) is 0 Å². The monoisotopic (exact) mass is 563 g/mol. The highest BCUT2D eigenvalue weighted by Gasteiger charge is 2.18. The van der Waals surface area contributed by atoms with Crippen LogP contribution in [-0.2, 0) is 0 Å². The van der Waals surface area contributed by atoms with Crippen LogP contribution in [-0.4, -0.2) is 7.05 Å². The lowest BCUT2D eigenvalue weighted by molar-refractivity contribution is 1.21. The average molecular weight is 564 g/mol. The third-order valence-electron chi connectivity index (χ3n) is 8.34. The molecule has 7 aromatic rings. The minimum absolute atomic E-state index is 1.15. The summed E-state index contributed by atoms with van der Waals surface area (Å²) in [6, 6.07) is 65.1. The Morgan fingerprint density at radius 2 is 0.659 bits per heavy atom. The molecule has 44 heavy (non-hydrogen) atoms. The van der Waals surface area contributed by atoms with Gasteiger partial charge in [0.15, 0.2) is 0 Å². The Labute approximate surface area is 260 Å². The van der Waals surface area contributed by atoms with Gasteiger partial charge in [0.2, 0.25) is 0 Å². The van der Waals surface area contributed by atoms with Gasteiger partial charge in [0, 0.05) is 29.5 Å². The Hall–Kier alpha value is -5.66. The number of hydrogen-bond acceptors (Lipinski definition) is 1. The number of rotatable bonds is 7. The molecule has 0 aliphatic carbocycles. The number of nitrogens with zero attached hydrogens (tertiary/aromatic N) is 1. The van der Waals surface area contributed by atoms with Gasteiger partial charge in [-0.3, -0.25) is 0 Å². The summed E-state index contributed by atoms with van der Waals surface area (Å²) in [5, 5.41) is 0. The molecule has 0 bridgehead atoms. The highest BCUT2D eigenvalue weighted by atomic mass is 15.1. The average Bonchev–Trinajstić information content (AvgIpc) is 3.12. The molecule has 0 radical (unpaired) electrons. The molecule has 0 heterocycles. The molecule has 0 fully saturated rings. The van der Waals surface area contributed by atoms with Crippen LogP contribution in [0.15, 0.2) is 182 Å². The summed E-state index contributed by atoms with van der Waals surface area (Å²) in [6.45, 7) is 0. The largest absolute Gasteiger partial charge is 0.344 e. The summed E-state index contributed by atoms with van der Waals surface area (Å²) < 4.78 is 0. The van der Waals surface area contributed by atoms with E-state index in [2.05, 4.69) is 194 Å². The van der Waals surface area contributed by atoms with E-state index in [0.717, 1.165) is 11.4 Å². The van der Waals surface area contributed by atoms with E-state index >= 15 is 0 Å². The minimum Gasteiger partial charge on any atom is -0.344 e. The fourth-order valence-electron chi connectivity index (χ4n) is 6.05. The Morgan fingerprint density at radius 3 is 1.27 bits per heavy atom. The fourth-order valence-corrected chi connectivity index (χ4v) is 6.05. The summed E-state index contributed by atoms with van der Waals surface area (Å²) in [6.07, 6.45) is 0. The molecule has 0 aliphatic rings. The molecular weight excluding hydrogens is 530 g/mol. The van der Waals surface area contributed by atoms with Crippen LogP contribution in [0.1, 0.15) is 0 Å². The fraction of sp³-hybridized carbons (Fsp3) is 0.0233. The molecule has 1 nitrogen and oxygen atoms in total. The molecule has 210 valence electrons. The normalized spacial score (nSPS) is 10.8. The van der Waals surface area contributed by atoms with Crippen molar-refractivity contribution in [3.8, 4) is 55.6 Å². The van der Waals surface area contributed by atoms with Crippen molar-refractivity contribution in [2.45, 2.75) is 0 Å². The smallest absolute Gasteiger partial charge is 0.0488 e. The van der Waals surface area contributed by atoms with Crippen LogP contribution in [0.4, 0.5) is 11.4 Å². The maximum absolute atomic E-state index is 2.36. The number of hydrogen-bond donors (Lipinski definition) is 0. The van der Waals surface area contributed by atoms with Gasteiger partial charge in [-0.1, -0.05) is 164 Å². The van der Waals surface area contributed by atoms with E-state index in [1.807, 2.05) is 0 Å². The van der Waals surface area contributed by atoms with Gasteiger partial charge in [-0.2, -0.15) is 0 Å². The molecule has 0 aliphatic heterocycles. The number of benzene rings is 7. The summed E-state index contributed by atoms with van der Waals surface area (Å²) >= 11 is 0. The second-order valence-electron chi connectivity index (χ2n) is 11.0. The van der Waals surface area contributed by atoms with Gasteiger partial charge in [0.1, 0.15) is 0 Å². The van der Waals surface area contributed by atoms with Crippen LogP contribution in [0.3, 0.4) is 0 Å². The van der Waals surface area contributed by atoms with Gasteiger partial charge in [-0.25, -0.2) is 0 Å². The molecule has 0 atom stereocenters. The molecule has 7 aromatic carbocycles. The van der Waals surface area contributed by atoms with E-state index in [1.54, 1.807) is 0 Å². The zero-order valence-electron chi connectivity index (χ0n) is 24.8. The maximum atomic E-state index is 2.36. The molecule has 0 aromatic heterocycles. The lowest BCUT2D eigenvalue weighted by atomic mass is 9.90. The van der Waals surface area contributed by atoms with E-state index in [9.17, 15) is 0 Å². The Bertz CT molecular complexity index is 1990. The van der Waals surface area contributed by atoms with Crippen molar-refractivity contribution < 1.29 is 0 Å². The second-order valence-corrected chi connectivity index (χ2v) is 11.0. The zero-order valence-corrected chi connectivity index (χ0v) is 24.8. The summed E-state index contributed by atoms with van der Waals surface area (Å²) in [7, 11) is 2.18. The minimum atomic E-state index is 1.15. The quantitative estimate of drug-likeness (QED) is 0.186. The number of para-hydroxylation sites is 1. The molecule has 1 heteroatoms. The van der Waals surface area contributed by atoms with Crippen LogP contribution in [0.2, 0.25) is 0 Å². The van der Waals surface area contributed by atoms with Gasteiger partial charge in [0.05, 0.1) is 0 Å². The Kier molecular flexibility index (Phi) is 7.60. The number of anilines is 2. The van der Waals surface area contributed by atoms with Crippen LogP contribution in [0, 0.1) is 0 Å². The highest BCUT2D eigenvalue weighted by molar-refractivity contribution is 5.95. The second kappa shape index (κ2) is 12.3. The Balaban J connectivity index is 1.38. The van der Waals surface area contributed by atoms with Crippen molar-refractivity contribution in [1.29, 1.82) is 0 Å². The summed E-state index contributed by atoms with van der Waals surface area (Å²) in [4.78, 5) is 2.34. The molecular formula is C43H33N. The molecule has 0 unspecified atom stereocenters. The van der Waals surface area contributed by atoms with Crippen molar-refractivity contribution in [3.63, 3.8) is 0 Å². The highest BCUT2D eigenvalue weighted by Crippen LogP contribution is 2.43. The van der Waals surface area contributed by atoms with Crippen LogP contribution in [0.5, 0.6) is 0 Å². The topological polar surface area (TPSA) is 3.24 Å². The predicted molar refractivity (Wildman–Crippen MR) is 188 cm³/mol. The first-order valence-corrected chi connectivity index (χ1v) is 15.1. The zero-order chi connectivity index (χ0) is 29.7. The van der Waals surface area contributed by atoms with Gasteiger partial charge < -0.3 is 4.90 Å². The summed E-state index contributed by atoms with van der Waals surface area (Å²) in [5.74, 6) is 0. The van der Waals surface area contributed by atoms with Crippen molar-refractivity contribution in [1.82, 2.24) is 0 Å². The van der Waals surface area contributed by atoms with Crippen molar-refractivity contribution in [2.24, 2.45) is 0 Å². The summed E-state index contributed by atoms with van der Waals surface area (Å²) in [5.41, 5.74) is 14.4. The first kappa shape index (κ1) is 27.2. The van der Waals surface area contributed by atoms with Crippen LogP contribution >= 0.6 is 0 Å². The van der Waals surface area contributed by atoms with E-state index in [1.165, 1.54) is 55.6 Å². The lowest BCUT2D eigenvalue weighted by Crippen LogP contribution is -2.12. The molecule has 7 rings (SSSR count). The van der Waals surface area contributed by atoms with Crippen LogP contribution in [0.25, 0.3) is 55.6 Å². The predicted octanol–water partition coefficient (Wildman–Crippen LogP) is 11.8. The lowest BCUT2D eigenvalue weighted by Gasteiger charge is -2.27. The Morgan fingerprint density at radius 1 is 0.273 bits per heavy atom. The third-order valence-corrected chi connectivity index (χ3v) is 8.34. The SMILES string of the molecule is CN(c1ccccc1-c1ccccc1)c1ccc(-c2ccc(-c3ccccc3)cc2)cc1-c1ccccc1-c1ccccc1. The molecule has 0 amide bonds. The van der Waals surface area contributed by atoms with Crippen LogP contribution < -0.4 is 4.90 Å². The van der Waals surface area contributed by atoms with E-state index in [0.29, 0.717) is 0 Å². The van der Waals surface area contributed by atoms with E-state index in [-0.39, 0.29) is 0 Å². The molecule has 0 saturated carbocycles. The maximum Gasteiger partial charge on any atom is 0.0488 e. The van der Waals surface area contributed by atoms with Gasteiger partial charge in [0.25, 0.3) is 0 Å². The van der Waals surface area contributed by atoms with E-state index < -0.39 is 0 Å². The molecule has 0 N–H and O–H groups in total. The molecule has 0 saturated heterocycles. The molecule has 0 spiro atoms.